The number of pyridine rings is 3. The number of hydrogen-bond donors (Lipinski definition) is 3. The summed E-state index contributed by atoms with van der Waals surface area (Å²) in [4.78, 5) is 42.4. The van der Waals surface area contributed by atoms with Crippen molar-refractivity contribution in [3.8, 4) is 39.9 Å². The minimum absolute atomic E-state index is 0. The van der Waals surface area contributed by atoms with Crippen LogP contribution in [0.4, 0.5) is 20.5 Å². The first kappa shape index (κ1) is 101. The van der Waals surface area contributed by atoms with Crippen LogP contribution in [0.15, 0.2) is 183 Å². The smallest absolute Gasteiger partial charge is 0.481 e. The predicted octanol–water partition coefficient (Wildman–Crippen LogP) is 19.2. The Morgan fingerprint density at radius 3 is 1.33 bits per heavy atom. The molecule has 0 radical (unpaired) electrons. The van der Waals surface area contributed by atoms with E-state index in [9.17, 15) is 34.0 Å². The summed E-state index contributed by atoms with van der Waals surface area (Å²) in [6.45, 7) is 14.2. The fourth-order valence-corrected chi connectivity index (χ4v) is 20.4. The van der Waals surface area contributed by atoms with E-state index in [0.717, 1.165) is 86.9 Å². The zero-order chi connectivity index (χ0) is 90.5. The van der Waals surface area contributed by atoms with Crippen molar-refractivity contribution in [3.63, 3.8) is 0 Å². The van der Waals surface area contributed by atoms with Gasteiger partial charge in [-0.05, 0) is 273 Å². The first-order valence-electron chi connectivity index (χ1n) is 40.8. The lowest BCUT2D eigenvalue weighted by Gasteiger charge is -2.32. The molecule has 12 aromatic rings. The van der Waals surface area contributed by atoms with Crippen molar-refractivity contribution < 1.29 is 57.6 Å². The van der Waals surface area contributed by atoms with E-state index in [1.165, 1.54) is 109 Å². The molecule has 4 N–H and O–H groups in total. The van der Waals surface area contributed by atoms with E-state index in [1.54, 1.807) is 66.7 Å². The van der Waals surface area contributed by atoms with Crippen LogP contribution >= 0.6 is 50.7 Å². The van der Waals surface area contributed by atoms with Gasteiger partial charge in [0.15, 0.2) is 19.7 Å². The Labute approximate surface area is 768 Å². The molecule has 6 aromatic carbocycles. The summed E-state index contributed by atoms with van der Waals surface area (Å²) >= 11 is 21.3. The fraction of sp³-hybridized carbons (Fsp3) is 0.380. The standard InChI is InChI=1S/C31H36ClN5O3S.C23H19ClFN3O3S.C16H20BFN2O2.C12H10BrClN2O3S.C8H18N2.2CH4/c1-5-20-16-21(17-22-18-33-31(36-29(20)22)35-23-10-13-25(14-11-23)37(2)3)26-15-12-24(34-30(26)40-4)19-41(38,39)28-9-7-6-8-27(28)32;1-3-14-10-15(11-16-12-26-23(25)28-21(14)16)18-9-8-17(27-22(18)31-2)13-32(29,30)20-7-5-4-6-19(20)24;1-6-10-7-12(8-11-9-19-14(18)20-13(10)11)17-21-15(2,3)16(4,5)22-17;1-19-12-8(13)6-7-11(15-12)16-20(17,18)10-5-3-2-4-9(10)14;1-10(2)8-5-3-7(9)4-6-8;;/h6-9,12,15-18,23,25H,5,10-11,13-14,19H2,1-4H3,(H,33,35,36);4-12H,3,13H2,1-2H3;7-9H,6H2,1-5H3;2-7H,1H3,(H,15,16);7-8H,3-6,9H2,1-2H3;2*1H4. The molecule has 0 atom stereocenters. The Kier molecular flexibility index (Phi) is 35.4. The minimum atomic E-state index is -3.80. The monoisotopic (exact) mass is 1920 g/mol. The number of ether oxygens (including phenoxy) is 3. The molecule has 0 spiro atoms. The van der Waals surface area contributed by atoms with Crippen LogP contribution in [0.5, 0.6) is 17.6 Å². The van der Waals surface area contributed by atoms with Crippen LogP contribution in [-0.2, 0) is 69.8 Å². The van der Waals surface area contributed by atoms with E-state index in [0.29, 0.717) is 74.2 Å². The van der Waals surface area contributed by atoms with Crippen LogP contribution in [0.1, 0.15) is 143 Å². The summed E-state index contributed by atoms with van der Waals surface area (Å²) in [5, 5.41) is 6.47. The van der Waals surface area contributed by atoms with Crippen molar-refractivity contribution in [3.05, 3.63) is 224 Å². The molecule has 0 amide bonds. The Balaban J connectivity index is 0.000000189. The van der Waals surface area contributed by atoms with E-state index in [-0.39, 0.29) is 73.7 Å². The number of hydrogen-bond acceptors (Lipinski definition) is 24. The Morgan fingerprint density at radius 1 is 0.504 bits per heavy atom. The van der Waals surface area contributed by atoms with E-state index < -0.39 is 60.2 Å². The molecule has 3 fully saturated rings. The lowest BCUT2D eigenvalue weighted by molar-refractivity contribution is 0.00578. The predicted molar refractivity (Wildman–Crippen MR) is 508 cm³/mol. The van der Waals surface area contributed by atoms with Crippen molar-refractivity contribution in [2.24, 2.45) is 5.73 Å². The quantitative estimate of drug-likeness (QED) is 0.0419. The number of sulfone groups is 2. The van der Waals surface area contributed by atoms with Crippen LogP contribution in [0.3, 0.4) is 0 Å². The van der Waals surface area contributed by atoms with Gasteiger partial charge in [0, 0.05) is 70.0 Å². The first-order valence-corrected chi connectivity index (χ1v) is 47.5. The van der Waals surface area contributed by atoms with Gasteiger partial charge in [-0.25, -0.2) is 65.1 Å². The number of benzene rings is 6. The summed E-state index contributed by atoms with van der Waals surface area (Å²) < 4.78 is 134. The third-order valence-electron chi connectivity index (χ3n) is 22.4. The van der Waals surface area contributed by atoms with Crippen LogP contribution in [0, 0.1) is 12.2 Å². The number of halogens is 6. The third-order valence-corrected chi connectivity index (χ3v) is 29.1. The third kappa shape index (κ3) is 25.4. The summed E-state index contributed by atoms with van der Waals surface area (Å²) in [6.07, 6.45) is 15.1. The zero-order valence-electron chi connectivity index (χ0n) is 72.1. The lowest BCUT2D eigenvalue weighted by atomic mass is 9.77. The molecule has 35 heteroatoms. The number of nitrogens with two attached hydrogens (primary N) is 1. The Hall–Kier alpha value is -9.29. The molecule has 15 rings (SSSR count). The van der Waals surface area contributed by atoms with Crippen molar-refractivity contribution in [2.75, 3.05) is 59.6 Å². The molecule has 1 saturated heterocycles. The molecule has 2 saturated carbocycles. The van der Waals surface area contributed by atoms with Crippen molar-refractivity contribution in [2.45, 2.75) is 196 Å². The molecule has 0 bridgehead atoms. The number of nitrogens with one attached hydrogen (secondary N) is 2. The highest BCUT2D eigenvalue weighted by molar-refractivity contribution is 9.10. The van der Waals surface area contributed by atoms with Gasteiger partial charge in [-0.15, -0.1) is 0 Å². The van der Waals surface area contributed by atoms with E-state index in [1.807, 2.05) is 84.1 Å². The maximum Gasteiger partial charge on any atom is 0.494 e. The summed E-state index contributed by atoms with van der Waals surface area (Å²) in [6, 6.07) is 43.0. The van der Waals surface area contributed by atoms with Gasteiger partial charge in [-0.1, -0.05) is 119 Å². The van der Waals surface area contributed by atoms with Gasteiger partial charge in [-0.2, -0.15) is 13.8 Å². The fourth-order valence-electron chi connectivity index (χ4n) is 14.8. The number of rotatable bonds is 22. The maximum absolute atomic E-state index is 13.5. The highest BCUT2D eigenvalue weighted by Crippen LogP contribution is 2.40. The van der Waals surface area contributed by atoms with Crippen LogP contribution in [-0.4, -0.2) is 172 Å². The second kappa shape index (κ2) is 44.4. The Morgan fingerprint density at radius 2 is 0.906 bits per heavy atom. The number of methoxy groups -OCH3 is 3. The van der Waals surface area contributed by atoms with Gasteiger partial charge in [0.05, 0.1) is 101 Å². The number of anilines is 2. The number of sulfonamides is 1. The van der Waals surface area contributed by atoms with E-state index >= 15 is 0 Å². The molecule has 127 heavy (non-hydrogen) atoms. The van der Waals surface area contributed by atoms with Gasteiger partial charge in [0.25, 0.3) is 10.0 Å². The molecule has 7 heterocycles. The topological polar surface area (TPSA) is 321 Å². The molecular formula is C92H111BBrCl3F2N14O11S3. The van der Waals surface area contributed by atoms with E-state index in [4.69, 9.17) is 69.0 Å². The van der Waals surface area contributed by atoms with Gasteiger partial charge in [-0.3, -0.25) is 4.72 Å². The second-order valence-electron chi connectivity index (χ2n) is 31.9. The van der Waals surface area contributed by atoms with E-state index in [2.05, 4.69) is 117 Å². The van der Waals surface area contributed by atoms with Gasteiger partial charge >= 0.3 is 19.3 Å². The van der Waals surface area contributed by atoms with Gasteiger partial charge in [0.1, 0.15) is 10.7 Å². The second-order valence-corrected chi connectivity index (χ2v) is 39.5. The summed E-state index contributed by atoms with van der Waals surface area (Å²) in [5.41, 5.74) is 14.8. The molecule has 2 aliphatic carbocycles. The summed E-state index contributed by atoms with van der Waals surface area (Å²) in [7, 11) is 1.45. The largest absolute Gasteiger partial charge is 0.494 e. The first-order chi connectivity index (χ1) is 59.4. The lowest BCUT2D eigenvalue weighted by Crippen LogP contribution is -2.41. The van der Waals surface area contributed by atoms with Crippen molar-refractivity contribution in [1.29, 1.82) is 0 Å². The van der Waals surface area contributed by atoms with Crippen molar-refractivity contribution in [1.82, 2.24) is 54.7 Å². The molecular weight excluding hydrogens is 1810 g/mol. The summed E-state index contributed by atoms with van der Waals surface area (Å²) in [5.74, 6) is 1.11. The Bertz CT molecular complexity index is 6190. The normalized spacial score (nSPS) is 16.5. The van der Waals surface area contributed by atoms with Crippen molar-refractivity contribution >= 4 is 137 Å². The number of aryl methyl sites for hydroxylation is 3. The van der Waals surface area contributed by atoms with Crippen LogP contribution in [0.2, 0.25) is 15.1 Å². The minimum Gasteiger partial charge on any atom is -0.481 e. The average Bonchev–Trinajstić information content (AvgIpc) is 1.51. The highest BCUT2D eigenvalue weighted by atomic mass is 79.9. The van der Waals surface area contributed by atoms with Crippen LogP contribution in [0.25, 0.3) is 55.0 Å². The molecule has 0 unspecified atom stereocenters. The SMILES string of the molecule is C.C.CCc1cc(-c2ccc(CS(=O)(=O)c3ccccc3Cl)nc2OC)cc2cnc(F)nc12.CCc1cc(-c2ccc(CS(=O)(=O)c3ccccc3Cl)nc2OC)cc2cnc(NC3CCC(N(C)C)CC3)nc12.CCc1cc(B2OC(C)(C)C(C)(C)O2)cc2cnc(F)nc12.CN(C)C1CCC(N)CC1.COc1nc(NS(=O)(=O)c2ccccc2Cl)ccc1Br. The molecule has 3 aliphatic rings. The molecule has 678 valence electrons. The number of aromatic nitrogens is 9. The molecule has 1 aliphatic heterocycles. The van der Waals surface area contributed by atoms with Gasteiger partial charge in [0.2, 0.25) is 23.6 Å². The maximum atomic E-state index is 13.5. The van der Waals surface area contributed by atoms with Gasteiger partial charge < -0.3 is 44.4 Å². The zero-order valence-corrected chi connectivity index (χ0v) is 78.5. The number of nitrogens with zero attached hydrogens (tertiary/aromatic N) is 11. The average molecular weight is 1920 g/mol. The number of fused-ring (bicyclic) bond motifs is 3. The highest BCUT2D eigenvalue weighted by Gasteiger charge is 2.52. The molecule has 25 nitrogen and oxygen atoms in total. The molecule has 6 aromatic heterocycles. The van der Waals surface area contributed by atoms with Crippen LogP contribution < -0.4 is 35.4 Å².